The third-order valence-corrected chi connectivity index (χ3v) is 3.43. The average molecular weight is 213 g/mol. The molecule has 3 nitrogen and oxygen atoms in total. The van der Waals surface area contributed by atoms with Crippen molar-refractivity contribution in [1.82, 2.24) is 4.90 Å². The first kappa shape index (κ1) is 12.5. The fourth-order valence-electron chi connectivity index (χ4n) is 2.49. The number of carboxylic acid groups (broad SMARTS) is 1. The predicted molar refractivity (Wildman–Crippen MR) is 61.0 cm³/mol. The second kappa shape index (κ2) is 6.11. The molecule has 3 heteroatoms. The van der Waals surface area contributed by atoms with Crippen LogP contribution in [0.2, 0.25) is 0 Å². The van der Waals surface area contributed by atoms with Crippen LogP contribution in [0.1, 0.15) is 52.4 Å². The Kier molecular flexibility index (Phi) is 5.09. The topological polar surface area (TPSA) is 40.5 Å². The molecule has 1 aliphatic rings. The molecule has 0 aliphatic carbocycles. The zero-order chi connectivity index (χ0) is 11.3. The highest BCUT2D eigenvalue weighted by Crippen LogP contribution is 2.22. The number of aliphatic carboxylic acids is 1. The number of hydrogen-bond acceptors (Lipinski definition) is 2. The molecule has 0 aromatic rings. The van der Waals surface area contributed by atoms with Crippen molar-refractivity contribution in [2.45, 2.75) is 64.5 Å². The molecule has 2 atom stereocenters. The Morgan fingerprint density at radius 3 is 2.40 bits per heavy atom. The lowest BCUT2D eigenvalue weighted by Gasteiger charge is -2.39. The van der Waals surface area contributed by atoms with Gasteiger partial charge in [-0.3, -0.25) is 9.69 Å². The Bertz CT molecular complexity index is 196. The molecular formula is C12H23NO2. The van der Waals surface area contributed by atoms with Crippen LogP contribution in [0.15, 0.2) is 0 Å². The van der Waals surface area contributed by atoms with Gasteiger partial charge < -0.3 is 5.11 Å². The lowest BCUT2D eigenvalue weighted by Crippen LogP contribution is -2.44. The number of likely N-dealkylation sites (tertiary alicyclic amines) is 1. The van der Waals surface area contributed by atoms with Crippen LogP contribution in [-0.2, 0) is 4.79 Å². The maximum Gasteiger partial charge on any atom is 0.303 e. The molecule has 1 fully saturated rings. The van der Waals surface area contributed by atoms with Gasteiger partial charge in [0.15, 0.2) is 0 Å². The van der Waals surface area contributed by atoms with Gasteiger partial charge >= 0.3 is 5.97 Å². The number of piperidine rings is 1. The maximum atomic E-state index is 10.4. The van der Waals surface area contributed by atoms with E-state index in [-0.39, 0.29) is 0 Å². The summed E-state index contributed by atoms with van der Waals surface area (Å²) in [7, 11) is 0. The molecule has 0 spiro atoms. The molecule has 1 N–H and O–H groups in total. The smallest absolute Gasteiger partial charge is 0.303 e. The molecule has 0 saturated carbocycles. The van der Waals surface area contributed by atoms with E-state index >= 15 is 0 Å². The molecule has 0 unspecified atom stereocenters. The number of rotatable bonds is 5. The normalized spacial score (nSPS) is 27.9. The zero-order valence-corrected chi connectivity index (χ0v) is 9.91. The van der Waals surface area contributed by atoms with Crippen molar-refractivity contribution in [3.8, 4) is 0 Å². The number of carbonyl (C=O) groups is 1. The second-order valence-electron chi connectivity index (χ2n) is 4.72. The number of nitrogens with zero attached hydrogens (tertiary/aromatic N) is 1. The van der Waals surface area contributed by atoms with Crippen LogP contribution in [0.4, 0.5) is 0 Å². The summed E-state index contributed by atoms with van der Waals surface area (Å²) in [5, 5.41) is 8.54. The van der Waals surface area contributed by atoms with E-state index in [1.807, 2.05) is 0 Å². The van der Waals surface area contributed by atoms with Crippen molar-refractivity contribution in [2.24, 2.45) is 0 Å². The number of hydrogen-bond donors (Lipinski definition) is 1. The van der Waals surface area contributed by atoms with Gasteiger partial charge in [0, 0.05) is 18.5 Å². The molecule has 1 heterocycles. The Balaban J connectivity index is 2.20. The molecule has 1 rings (SSSR count). The van der Waals surface area contributed by atoms with Gasteiger partial charge in [0.2, 0.25) is 0 Å². The maximum absolute atomic E-state index is 10.4. The Hall–Kier alpha value is -0.570. The van der Waals surface area contributed by atoms with Crippen molar-refractivity contribution in [3.63, 3.8) is 0 Å². The Morgan fingerprint density at radius 2 is 1.87 bits per heavy atom. The van der Waals surface area contributed by atoms with Crippen LogP contribution in [0.5, 0.6) is 0 Å². The van der Waals surface area contributed by atoms with E-state index < -0.39 is 5.97 Å². The van der Waals surface area contributed by atoms with E-state index in [0.29, 0.717) is 18.5 Å². The monoisotopic (exact) mass is 213 g/mol. The van der Waals surface area contributed by atoms with E-state index in [1.165, 1.54) is 19.3 Å². The first-order chi connectivity index (χ1) is 7.11. The molecule has 0 radical (unpaired) electrons. The molecule has 0 aromatic heterocycles. The molecule has 0 aromatic carbocycles. The van der Waals surface area contributed by atoms with Crippen LogP contribution in [-0.4, -0.2) is 34.6 Å². The second-order valence-corrected chi connectivity index (χ2v) is 4.72. The number of carboxylic acids is 1. The third-order valence-electron chi connectivity index (χ3n) is 3.43. The van der Waals surface area contributed by atoms with E-state index in [0.717, 1.165) is 19.4 Å². The lowest BCUT2D eigenvalue weighted by molar-refractivity contribution is -0.137. The van der Waals surface area contributed by atoms with Crippen LogP contribution in [0.25, 0.3) is 0 Å². The van der Waals surface area contributed by atoms with Gasteiger partial charge in [-0.05, 0) is 46.1 Å². The molecule has 15 heavy (non-hydrogen) atoms. The van der Waals surface area contributed by atoms with E-state index in [9.17, 15) is 4.79 Å². The molecule has 0 bridgehead atoms. The van der Waals surface area contributed by atoms with Crippen molar-refractivity contribution >= 4 is 5.97 Å². The van der Waals surface area contributed by atoms with Gasteiger partial charge in [0.1, 0.15) is 0 Å². The van der Waals surface area contributed by atoms with Gasteiger partial charge in [-0.15, -0.1) is 0 Å². The summed E-state index contributed by atoms with van der Waals surface area (Å²) in [6, 6.07) is 1.36. The van der Waals surface area contributed by atoms with Gasteiger partial charge in [-0.1, -0.05) is 6.42 Å². The van der Waals surface area contributed by atoms with E-state index in [2.05, 4.69) is 18.7 Å². The lowest BCUT2D eigenvalue weighted by atomic mass is 9.97. The third kappa shape index (κ3) is 4.20. The van der Waals surface area contributed by atoms with Crippen molar-refractivity contribution in [2.75, 3.05) is 6.54 Å². The van der Waals surface area contributed by atoms with Crippen molar-refractivity contribution < 1.29 is 9.90 Å². The summed E-state index contributed by atoms with van der Waals surface area (Å²) < 4.78 is 0. The highest BCUT2D eigenvalue weighted by Gasteiger charge is 2.23. The van der Waals surface area contributed by atoms with Crippen LogP contribution in [0, 0.1) is 0 Å². The fourth-order valence-corrected chi connectivity index (χ4v) is 2.49. The summed E-state index contributed by atoms with van der Waals surface area (Å²) in [5.41, 5.74) is 0. The van der Waals surface area contributed by atoms with Crippen LogP contribution >= 0.6 is 0 Å². The standard InChI is InChI=1S/C12H23NO2/c1-10-6-5-7-11(2)13(10)9-4-3-8-12(14)15/h10-11H,3-9H2,1-2H3,(H,14,15)/t10-,11+. The van der Waals surface area contributed by atoms with Gasteiger partial charge in [-0.25, -0.2) is 0 Å². The molecule has 1 saturated heterocycles. The minimum atomic E-state index is -0.672. The average Bonchev–Trinajstić information content (AvgIpc) is 2.15. The summed E-state index contributed by atoms with van der Waals surface area (Å²) in [6.45, 7) is 5.63. The first-order valence-electron chi connectivity index (χ1n) is 6.09. The largest absolute Gasteiger partial charge is 0.481 e. The number of unbranched alkanes of at least 4 members (excludes halogenated alkanes) is 1. The summed E-state index contributed by atoms with van der Waals surface area (Å²) >= 11 is 0. The predicted octanol–water partition coefficient (Wildman–Crippen LogP) is 2.50. The SMILES string of the molecule is C[C@@H]1CCC[C@H](C)N1CCCCC(=O)O. The van der Waals surface area contributed by atoms with Gasteiger partial charge in [0.05, 0.1) is 0 Å². The minimum absolute atomic E-state index is 0.316. The van der Waals surface area contributed by atoms with E-state index in [4.69, 9.17) is 5.11 Å². The summed E-state index contributed by atoms with van der Waals surface area (Å²) in [5.74, 6) is -0.672. The fraction of sp³-hybridized carbons (Fsp3) is 0.917. The van der Waals surface area contributed by atoms with E-state index in [1.54, 1.807) is 0 Å². The van der Waals surface area contributed by atoms with Crippen LogP contribution < -0.4 is 0 Å². The summed E-state index contributed by atoms with van der Waals surface area (Å²) in [4.78, 5) is 12.9. The zero-order valence-electron chi connectivity index (χ0n) is 9.91. The first-order valence-corrected chi connectivity index (χ1v) is 6.09. The highest BCUT2D eigenvalue weighted by atomic mass is 16.4. The summed E-state index contributed by atoms with van der Waals surface area (Å²) in [6.07, 6.45) is 6.07. The van der Waals surface area contributed by atoms with Crippen molar-refractivity contribution in [1.29, 1.82) is 0 Å². The van der Waals surface area contributed by atoms with Crippen molar-refractivity contribution in [3.05, 3.63) is 0 Å². The molecule has 0 amide bonds. The Labute approximate surface area is 92.5 Å². The highest BCUT2D eigenvalue weighted by molar-refractivity contribution is 5.66. The van der Waals surface area contributed by atoms with Gasteiger partial charge in [-0.2, -0.15) is 0 Å². The van der Waals surface area contributed by atoms with Crippen LogP contribution in [0.3, 0.4) is 0 Å². The Morgan fingerprint density at radius 1 is 1.27 bits per heavy atom. The molecule has 88 valence electrons. The molecule has 1 aliphatic heterocycles. The van der Waals surface area contributed by atoms with Gasteiger partial charge in [0.25, 0.3) is 0 Å². The quantitative estimate of drug-likeness (QED) is 0.713. The minimum Gasteiger partial charge on any atom is -0.481 e. The molecular weight excluding hydrogens is 190 g/mol.